The lowest BCUT2D eigenvalue weighted by Crippen LogP contribution is -2.27. The number of hydrogen-bond donors (Lipinski definition) is 2. The van der Waals surface area contributed by atoms with E-state index in [9.17, 15) is 5.11 Å². The van der Waals surface area contributed by atoms with Crippen LogP contribution >= 0.6 is 0 Å². The molecule has 1 atom stereocenters. The molecule has 0 saturated heterocycles. The zero-order valence-electron chi connectivity index (χ0n) is 14.7. The fraction of sp³-hybridized carbons (Fsp3) is 0.526. The second kappa shape index (κ2) is 8.27. The molecule has 2 rings (SSSR count). The van der Waals surface area contributed by atoms with Crippen LogP contribution in [0.2, 0.25) is 0 Å². The molecule has 0 radical (unpaired) electrons. The van der Waals surface area contributed by atoms with Gasteiger partial charge in [0.15, 0.2) is 0 Å². The van der Waals surface area contributed by atoms with Gasteiger partial charge in [0.1, 0.15) is 0 Å². The minimum absolute atomic E-state index is 0.282. The fourth-order valence-corrected chi connectivity index (χ4v) is 2.89. The average Bonchev–Trinajstić information content (AvgIpc) is 2.75. The van der Waals surface area contributed by atoms with Crippen molar-refractivity contribution in [3.8, 4) is 0 Å². The molecule has 1 aromatic carbocycles. The number of nitrogens with one attached hydrogen (secondary N) is 1. The number of aromatic nitrogens is 2. The first-order valence-electron chi connectivity index (χ1n) is 8.43. The lowest BCUT2D eigenvalue weighted by Gasteiger charge is -2.14. The maximum atomic E-state index is 9.95. The normalized spacial score (nSPS) is 12.8. The van der Waals surface area contributed by atoms with Gasteiger partial charge in [-0.05, 0) is 31.7 Å². The summed E-state index contributed by atoms with van der Waals surface area (Å²) in [6.07, 6.45) is 0.549. The van der Waals surface area contributed by atoms with E-state index < -0.39 is 0 Å². The molecular formula is C19H29N3O. The fourth-order valence-electron chi connectivity index (χ4n) is 2.89. The lowest BCUT2D eigenvalue weighted by molar-refractivity contribution is 0.146. The van der Waals surface area contributed by atoms with Gasteiger partial charge in [-0.25, -0.2) is 0 Å². The summed E-state index contributed by atoms with van der Waals surface area (Å²) in [6.45, 7) is 10.6. The predicted octanol–water partition coefficient (Wildman–Crippen LogP) is 3.04. The topological polar surface area (TPSA) is 50.1 Å². The first-order valence-corrected chi connectivity index (χ1v) is 8.43. The van der Waals surface area contributed by atoms with E-state index in [1.807, 2.05) is 6.07 Å². The van der Waals surface area contributed by atoms with Gasteiger partial charge in [0, 0.05) is 24.3 Å². The standard InChI is InChI=1S/C19H29N3O/c1-14(2)10-18(23)11-20-12-19-15(3)21-22(16(19)4)13-17-8-6-5-7-9-17/h5-9,14,18,20,23H,10-13H2,1-4H3. The van der Waals surface area contributed by atoms with Gasteiger partial charge in [0.25, 0.3) is 0 Å². The summed E-state index contributed by atoms with van der Waals surface area (Å²) in [5.74, 6) is 0.517. The summed E-state index contributed by atoms with van der Waals surface area (Å²) in [4.78, 5) is 0. The Hall–Kier alpha value is -1.65. The molecular weight excluding hydrogens is 286 g/mol. The Labute approximate surface area is 139 Å². The molecule has 1 unspecified atom stereocenters. The Bertz CT molecular complexity index is 605. The quantitative estimate of drug-likeness (QED) is 0.787. The van der Waals surface area contributed by atoms with E-state index in [2.05, 4.69) is 67.1 Å². The van der Waals surface area contributed by atoms with E-state index in [-0.39, 0.29) is 6.10 Å². The van der Waals surface area contributed by atoms with Gasteiger partial charge in [-0.2, -0.15) is 5.10 Å². The van der Waals surface area contributed by atoms with Gasteiger partial charge >= 0.3 is 0 Å². The molecule has 4 nitrogen and oxygen atoms in total. The zero-order chi connectivity index (χ0) is 16.8. The van der Waals surface area contributed by atoms with Gasteiger partial charge in [0.2, 0.25) is 0 Å². The molecule has 0 fully saturated rings. The van der Waals surface area contributed by atoms with E-state index >= 15 is 0 Å². The summed E-state index contributed by atoms with van der Waals surface area (Å²) in [6, 6.07) is 10.4. The van der Waals surface area contributed by atoms with Gasteiger partial charge in [-0.3, -0.25) is 4.68 Å². The van der Waals surface area contributed by atoms with E-state index in [0.717, 1.165) is 25.2 Å². The third-order valence-electron chi connectivity index (χ3n) is 4.13. The first-order chi connectivity index (χ1) is 11.0. The third kappa shape index (κ3) is 5.19. The number of aryl methyl sites for hydroxylation is 1. The molecule has 1 aromatic heterocycles. The molecule has 1 heterocycles. The van der Waals surface area contributed by atoms with Gasteiger partial charge in [-0.1, -0.05) is 44.2 Å². The highest BCUT2D eigenvalue weighted by Gasteiger charge is 2.12. The number of aliphatic hydroxyl groups is 1. The van der Waals surface area contributed by atoms with Crippen molar-refractivity contribution in [1.82, 2.24) is 15.1 Å². The number of nitrogens with zero attached hydrogens (tertiary/aromatic N) is 2. The van der Waals surface area contributed by atoms with Crippen LogP contribution in [0.15, 0.2) is 30.3 Å². The largest absolute Gasteiger partial charge is 0.392 e. The second-order valence-corrected chi connectivity index (χ2v) is 6.71. The summed E-state index contributed by atoms with van der Waals surface area (Å²) in [5.41, 5.74) is 4.74. The monoisotopic (exact) mass is 315 g/mol. The first kappa shape index (κ1) is 17.7. The molecule has 126 valence electrons. The van der Waals surface area contributed by atoms with Crippen LogP contribution in [0.5, 0.6) is 0 Å². The van der Waals surface area contributed by atoms with Gasteiger partial charge in [-0.15, -0.1) is 0 Å². The molecule has 0 bridgehead atoms. The predicted molar refractivity (Wildman–Crippen MR) is 94.4 cm³/mol. The second-order valence-electron chi connectivity index (χ2n) is 6.71. The van der Waals surface area contributed by atoms with E-state index in [4.69, 9.17) is 0 Å². The molecule has 0 amide bonds. The minimum Gasteiger partial charge on any atom is -0.392 e. The van der Waals surface area contributed by atoms with Crippen molar-refractivity contribution in [3.05, 3.63) is 52.8 Å². The molecule has 2 N–H and O–H groups in total. The highest BCUT2D eigenvalue weighted by Crippen LogP contribution is 2.15. The molecule has 0 saturated carbocycles. The smallest absolute Gasteiger partial charge is 0.0667 e. The van der Waals surface area contributed by atoms with Crippen molar-refractivity contribution in [2.45, 2.75) is 53.3 Å². The van der Waals surface area contributed by atoms with Crippen LogP contribution in [0, 0.1) is 19.8 Å². The molecule has 23 heavy (non-hydrogen) atoms. The summed E-state index contributed by atoms with van der Waals surface area (Å²) >= 11 is 0. The van der Waals surface area contributed by atoms with Crippen LogP contribution in [-0.4, -0.2) is 27.5 Å². The van der Waals surface area contributed by atoms with Crippen LogP contribution in [0.3, 0.4) is 0 Å². The van der Waals surface area contributed by atoms with E-state index in [0.29, 0.717) is 12.5 Å². The molecule has 4 heteroatoms. The SMILES string of the molecule is Cc1nn(Cc2ccccc2)c(C)c1CNCC(O)CC(C)C. The number of hydrogen-bond acceptors (Lipinski definition) is 3. The van der Waals surface area contributed by atoms with Crippen molar-refractivity contribution in [3.63, 3.8) is 0 Å². The van der Waals surface area contributed by atoms with Gasteiger partial charge in [0.05, 0.1) is 18.3 Å². The number of benzene rings is 1. The Morgan fingerprint density at radius 2 is 1.87 bits per heavy atom. The molecule has 0 aliphatic rings. The number of aliphatic hydroxyl groups excluding tert-OH is 1. The molecule has 0 spiro atoms. The highest BCUT2D eigenvalue weighted by atomic mass is 16.3. The minimum atomic E-state index is -0.282. The van der Waals surface area contributed by atoms with Crippen molar-refractivity contribution >= 4 is 0 Å². The van der Waals surface area contributed by atoms with Crippen LogP contribution in [-0.2, 0) is 13.1 Å². The summed E-state index contributed by atoms with van der Waals surface area (Å²) in [7, 11) is 0. The maximum Gasteiger partial charge on any atom is 0.0667 e. The van der Waals surface area contributed by atoms with Crippen LogP contribution in [0.1, 0.15) is 42.8 Å². The Morgan fingerprint density at radius 3 is 2.52 bits per heavy atom. The van der Waals surface area contributed by atoms with Crippen LogP contribution in [0.4, 0.5) is 0 Å². The Morgan fingerprint density at radius 1 is 1.17 bits per heavy atom. The van der Waals surface area contributed by atoms with Crippen molar-refractivity contribution in [2.24, 2.45) is 5.92 Å². The highest BCUT2D eigenvalue weighted by molar-refractivity contribution is 5.26. The van der Waals surface area contributed by atoms with E-state index in [1.54, 1.807) is 0 Å². The van der Waals surface area contributed by atoms with Crippen molar-refractivity contribution in [2.75, 3.05) is 6.54 Å². The van der Waals surface area contributed by atoms with Gasteiger partial charge < -0.3 is 10.4 Å². The Kier molecular flexibility index (Phi) is 6.37. The zero-order valence-corrected chi connectivity index (χ0v) is 14.7. The van der Waals surface area contributed by atoms with Crippen LogP contribution in [0.25, 0.3) is 0 Å². The average molecular weight is 315 g/mol. The van der Waals surface area contributed by atoms with Crippen LogP contribution < -0.4 is 5.32 Å². The summed E-state index contributed by atoms with van der Waals surface area (Å²) in [5, 5.41) is 18.0. The molecule has 2 aromatic rings. The molecule has 0 aliphatic heterocycles. The van der Waals surface area contributed by atoms with Crippen molar-refractivity contribution in [1.29, 1.82) is 0 Å². The summed E-state index contributed by atoms with van der Waals surface area (Å²) < 4.78 is 2.06. The maximum absolute atomic E-state index is 9.95. The third-order valence-corrected chi connectivity index (χ3v) is 4.13. The van der Waals surface area contributed by atoms with E-state index in [1.165, 1.54) is 16.8 Å². The molecule has 0 aliphatic carbocycles. The Balaban J connectivity index is 1.95. The lowest BCUT2D eigenvalue weighted by atomic mass is 10.1. The van der Waals surface area contributed by atoms with Crippen molar-refractivity contribution < 1.29 is 5.11 Å². The number of rotatable bonds is 8.